The fourth-order valence-electron chi connectivity index (χ4n) is 12.3. The SMILES string of the molecule is COC(=O)CCC(NC(=O)[C@]12CC[C@@H](C)[C@H](C)[C@H]1C1=CC[C@@H]3[C@@]4(C)CC[C@H](OC(C)=O)C(C)(C)[C@@H]4CC[C@@]3(C)[C@]1(C)CC2)C(=O)OC. The van der Waals surface area contributed by atoms with E-state index in [0.717, 1.165) is 57.8 Å². The summed E-state index contributed by atoms with van der Waals surface area (Å²) in [6.07, 6.45) is 11.3. The van der Waals surface area contributed by atoms with Gasteiger partial charge >= 0.3 is 17.9 Å². The first-order valence-corrected chi connectivity index (χ1v) is 18.3. The molecule has 264 valence electrons. The number of methoxy groups -OCH3 is 2. The molecular formula is C39H61NO7. The van der Waals surface area contributed by atoms with Crippen molar-refractivity contribution in [3.8, 4) is 0 Å². The Morgan fingerprint density at radius 2 is 1.60 bits per heavy atom. The van der Waals surface area contributed by atoms with Crippen molar-refractivity contribution < 1.29 is 33.4 Å². The first kappa shape index (κ1) is 35.9. The van der Waals surface area contributed by atoms with E-state index in [1.54, 1.807) is 0 Å². The predicted octanol–water partition coefficient (Wildman–Crippen LogP) is 7.19. The highest BCUT2D eigenvalue weighted by Gasteiger charge is 2.69. The van der Waals surface area contributed by atoms with Gasteiger partial charge < -0.3 is 19.5 Å². The van der Waals surface area contributed by atoms with E-state index in [1.165, 1.54) is 26.7 Å². The molecule has 11 atom stereocenters. The molecule has 1 amide bonds. The topological polar surface area (TPSA) is 108 Å². The van der Waals surface area contributed by atoms with Crippen molar-refractivity contribution in [3.05, 3.63) is 11.6 Å². The number of hydrogen-bond donors (Lipinski definition) is 1. The van der Waals surface area contributed by atoms with E-state index in [-0.39, 0.29) is 58.4 Å². The van der Waals surface area contributed by atoms with Crippen molar-refractivity contribution in [2.75, 3.05) is 14.2 Å². The highest BCUT2D eigenvalue weighted by molar-refractivity contribution is 5.89. The molecule has 0 radical (unpaired) electrons. The molecule has 0 aromatic heterocycles. The summed E-state index contributed by atoms with van der Waals surface area (Å²) < 4.78 is 15.8. The lowest BCUT2D eigenvalue weighted by Crippen LogP contribution is -2.66. The second-order valence-corrected chi connectivity index (χ2v) is 17.4. The number of rotatable bonds is 7. The Kier molecular flexibility index (Phi) is 9.55. The molecule has 1 unspecified atom stereocenters. The number of hydrogen-bond acceptors (Lipinski definition) is 7. The summed E-state index contributed by atoms with van der Waals surface area (Å²) in [5, 5.41) is 3.10. The summed E-state index contributed by atoms with van der Waals surface area (Å²) in [5.41, 5.74) is 0.919. The number of ether oxygens (including phenoxy) is 3. The minimum Gasteiger partial charge on any atom is -0.469 e. The van der Waals surface area contributed by atoms with E-state index < -0.39 is 23.4 Å². The third-order valence-electron chi connectivity index (χ3n) is 15.3. The number of carbonyl (C=O) groups is 4. The van der Waals surface area contributed by atoms with Gasteiger partial charge in [0.05, 0.1) is 19.6 Å². The van der Waals surface area contributed by atoms with Gasteiger partial charge in [-0.3, -0.25) is 14.4 Å². The van der Waals surface area contributed by atoms with Gasteiger partial charge in [0.25, 0.3) is 0 Å². The van der Waals surface area contributed by atoms with Crippen LogP contribution >= 0.6 is 0 Å². The van der Waals surface area contributed by atoms with Gasteiger partial charge in [0, 0.05) is 18.8 Å². The maximum Gasteiger partial charge on any atom is 0.328 e. The highest BCUT2D eigenvalue weighted by atomic mass is 16.5. The number of esters is 3. The highest BCUT2D eigenvalue weighted by Crippen LogP contribution is 2.75. The van der Waals surface area contributed by atoms with Gasteiger partial charge in [-0.1, -0.05) is 60.1 Å². The van der Waals surface area contributed by atoms with Gasteiger partial charge in [-0.05, 0) is 110 Å². The first-order chi connectivity index (χ1) is 21.9. The minimum atomic E-state index is -0.896. The van der Waals surface area contributed by atoms with E-state index in [2.05, 4.69) is 59.9 Å². The Bertz CT molecular complexity index is 1310. The second kappa shape index (κ2) is 12.5. The monoisotopic (exact) mass is 655 g/mol. The lowest BCUT2D eigenvalue weighted by Gasteiger charge is -2.71. The molecule has 5 aliphatic carbocycles. The predicted molar refractivity (Wildman–Crippen MR) is 180 cm³/mol. The molecule has 5 rings (SSSR count). The van der Waals surface area contributed by atoms with Crippen LogP contribution in [0, 0.1) is 56.7 Å². The van der Waals surface area contributed by atoms with E-state index in [9.17, 15) is 19.2 Å². The quantitative estimate of drug-likeness (QED) is 0.176. The molecule has 8 nitrogen and oxygen atoms in total. The molecule has 4 fully saturated rings. The fourth-order valence-corrected chi connectivity index (χ4v) is 12.3. The standard InChI is InChI=1S/C39H61NO7/c1-23-15-20-39(34(44)40-27(33(43)46-10)12-14-31(42)45-9)22-21-37(7)26(32(39)24(23)2)11-13-29-36(6)18-17-30(47-25(3)41)35(4,5)28(36)16-19-38(29,37)8/h11,23-24,27-30,32H,12-22H2,1-10H3,(H,40,44)/t23-,24+,27?,28+,29-,30+,32+,36+,37-,38-,39+/m1/s1. The number of carbonyl (C=O) groups excluding carboxylic acids is 4. The molecule has 0 saturated heterocycles. The van der Waals surface area contributed by atoms with Crippen molar-refractivity contribution in [1.82, 2.24) is 5.32 Å². The van der Waals surface area contributed by atoms with Crippen LogP contribution in [-0.2, 0) is 33.4 Å². The van der Waals surface area contributed by atoms with Crippen LogP contribution in [0.3, 0.4) is 0 Å². The molecule has 1 N–H and O–H groups in total. The van der Waals surface area contributed by atoms with Gasteiger partial charge in [-0.25, -0.2) is 4.79 Å². The molecule has 0 aromatic carbocycles. The third kappa shape index (κ3) is 5.46. The Labute approximate surface area is 282 Å². The van der Waals surface area contributed by atoms with Crippen LogP contribution < -0.4 is 5.32 Å². The third-order valence-corrected chi connectivity index (χ3v) is 15.3. The van der Waals surface area contributed by atoms with Gasteiger partial charge in [-0.2, -0.15) is 0 Å². The summed E-state index contributed by atoms with van der Waals surface area (Å²) in [6, 6.07) is -0.896. The van der Waals surface area contributed by atoms with Crippen LogP contribution in [0.5, 0.6) is 0 Å². The van der Waals surface area contributed by atoms with Crippen LogP contribution in [0.4, 0.5) is 0 Å². The summed E-state index contributed by atoms with van der Waals surface area (Å²) in [5.74, 6) is 0.648. The van der Waals surface area contributed by atoms with Crippen molar-refractivity contribution in [1.29, 1.82) is 0 Å². The number of allylic oxidation sites excluding steroid dienone is 2. The Morgan fingerprint density at radius 1 is 0.894 bits per heavy atom. The average Bonchev–Trinajstić information content (AvgIpc) is 3.01. The molecule has 0 aromatic rings. The summed E-state index contributed by atoms with van der Waals surface area (Å²) in [6.45, 7) is 18.4. The molecular weight excluding hydrogens is 594 g/mol. The summed E-state index contributed by atoms with van der Waals surface area (Å²) in [4.78, 5) is 51.4. The van der Waals surface area contributed by atoms with Crippen LogP contribution in [-0.4, -0.2) is 50.2 Å². The van der Waals surface area contributed by atoms with Gasteiger partial charge in [0.2, 0.25) is 5.91 Å². The lowest BCUT2D eigenvalue weighted by molar-refractivity contribution is -0.212. The zero-order chi connectivity index (χ0) is 34.7. The Balaban J connectivity index is 1.50. The van der Waals surface area contributed by atoms with Crippen molar-refractivity contribution in [2.24, 2.45) is 56.7 Å². The van der Waals surface area contributed by atoms with E-state index >= 15 is 0 Å². The van der Waals surface area contributed by atoms with Gasteiger partial charge in [0.15, 0.2) is 0 Å². The van der Waals surface area contributed by atoms with Crippen molar-refractivity contribution >= 4 is 23.8 Å². The minimum absolute atomic E-state index is 0.0293. The zero-order valence-corrected chi connectivity index (χ0v) is 30.8. The van der Waals surface area contributed by atoms with Crippen LogP contribution in [0.15, 0.2) is 11.6 Å². The largest absolute Gasteiger partial charge is 0.469 e. The lowest BCUT2D eigenvalue weighted by atomic mass is 9.33. The van der Waals surface area contributed by atoms with E-state index in [0.29, 0.717) is 23.7 Å². The second-order valence-electron chi connectivity index (χ2n) is 17.4. The zero-order valence-electron chi connectivity index (χ0n) is 30.8. The van der Waals surface area contributed by atoms with E-state index in [4.69, 9.17) is 14.2 Å². The molecule has 47 heavy (non-hydrogen) atoms. The maximum atomic E-state index is 14.6. The molecule has 0 spiro atoms. The van der Waals surface area contributed by atoms with E-state index in [1.807, 2.05) is 0 Å². The van der Waals surface area contributed by atoms with Crippen LogP contribution in [0.25, 0.3) is 0 Å². The summed E-state index contributed by atoms with van der Waals surface area (Å²) >= 11 is 0. The molecule has 4 saturated carbocycles. The first-order valence-electron chi connectivity index (χ1n) is 18.3. The number of amides is 1. The fraction of sp³-hybridized carbons (Fsp3) is 0.846. The molecule has 5 aliphatic rings. The maximum absolute atomic E-state index is 14.6. The van der Waals surface area contributed by atoms with Crippen LogP contribution in [0.2, 0.25) is 0 Å². The summed E-state index contributed by atoms with van der Waals surface area (Å²) in [7, 11) is 2.64. The van der Waals surface area contributed by atoms with Crippen molar-refractivity contribution in [3.63, 3.8) is 0 Å². The Morgan fingerprint density at radius 3 is 2.23 bits per heavy atom. The molecule has 0 heterocycles. The number of nitrogens with one attached hydrogen (secondary N) is 1. The smallest absolute Gasteiger partial charge is 0.328 e. The Hall–Kier alpha value is -2.38. The molecule has 0 bridgehead atoms. The van der Waals surface area contributed by atoms with Gasteiger partial charge in [-0.15, -0.1) is 0 Å². The van der Waals surface area contributed by atoms with Gasteiger partial charge in [0.1, 0.15) is 12.1 Å². The average molecular weight is 656 g/mol. The molecule has 0 aliphatic heterocycles. The normalized spacial score (nSPS) is 42.6. The van der Waals surface area contributed by atoms with Crippen molar-refractivity contribution in [2.45, 2.75) is 138 Å². The van der Waals surface area contributed by atoms with Crippen LogP contribution in [0.1, 0.15) is 126 Å². The number of fused-ring (bicyclic) bond motifs is 7. The molecule has 8 heteroatoms.